The van der Waals surface area contributed by atoms with E-state index < -0.39 is 53.2 Å². The van der Waals surface area contributed by atoms with Crippen LogP contribution >= 0.6 is 23.5 Å². The summed E-state index contributed by atoms with van der Waals surface area (Å²) in [4.78, 5) is 64.1. The number of nitrogens with one attached hydrogen (secondary N) is 1. The zero-order chi connectivity index (χ0) is 22.2. The molecular formula is C16H18N4O8S2. The van der Waals surface area contributed by atoms with Crippen molar-refractivity contribution in [2.24, 2.45) is 13.0 Å². The third-order valence-corrected chi connectivity index (χ3v) is 6.90. The molecule has 0 bridgehead atoms. The molecule has 14 heteroatoms. The fourth-order valence-corrected chi connectivity index (χ4v) is 5.52. The highest BCUT2D eigenvalue weighted by molar-refractivity contribution is 8.06. The van der Waals surface area contributed by atoms with E-state index >= 15 is 0 Å². The van der Waals surface area contributed by atoms with Gasteiger partial charge < -0.3 is 14.6 Å². The second-order valence-electron chi connectivity index (χ2n) is 6.43. The number of amides is 1. The van der Waals surface area contributed by atoms with Gasteiger partial charge in [-0.15, -0.1) is 11.8 Å². The second-order valence-corrected chi connectivity index (χ2v) is 8.58. The molecule has 0 unspecified atom stereocenters. The Hall–Kier alpha value is -2.58. The number of esters is 2. The second kappa shape index (κ2) is 8.65. The molecular weight excluding hydrogens is 440 g/mol. The van der Waals surface area contributed by atoms with Crippen LogP contribution in [0.1, 0.15) is 13.8 Å². The van der Waals surface area contributed by atoms with Crippen LogP contribution in [0.15, 0.2) is 25.3 Å². The number of rotatable bonds is 7. The number of carbonyl (C=O) groups excluding carboxylic acids is 3. The Morgan fingerprint density at radius 2 is 2.03 bits per heavy atom. The minimum Gasteiger partial charge on any atom is -0.428 e. The van der Waals surface area contributed by atoms with Crippen LogP contribution in [0.5, 0.6) is 0 Å². The highest BCUT2D eigenvalue weighted by Crippen LogP contribution is 2.51. The number of thioether (sulfide) groups is 2. The Bertz CT molecular complexity index is 1050. The number of aliphatic hydroxyl groups is 1. The molecule has 2 aliphatic rings. The molecule has 0 aliphatic carbocycles. The first-order valence-electron chi connectivity index (χ1n) is 8.63. The Morgan fingerprint density at radius 3 is 2.67 bits per heavy atom. The molecule has 0 saturated carbocycles. The van der Waals surface area contributed by atoms with Gasteiger partial charge in [-0.25, -0.2) is 4.79 Å². The summed E-state index contributed by atoms with van der Waals surface area (Å²) < 4.78 is 10.8. The summed E-state index contributed by atoms with van der Waals surface area (Å²) in [5.74, 6) is -2.45. The number of β-lactam (4-membered cyclic amide) rings is 1. The van der Waals surface area contributed by atoms with Crippen LogP contribution in [-0.2, 0) is 30.9 Å². The molecule has 0 radical (unpaired) electrons. The van der Waals surface area contributed by atoms with Gasteiger partial charge in [-0.1, -0.05) is 11.8 Å². The summed E-state index contributed by atoms with van der Waals surface area (Å²) >= 11 is 2.29. The van der Waals surface area contributed by atoms with Crippen LogP contribution in [0.4, 0.5) is 0 Å². The van der Waals surface area contributed by atoms with Gasteiger partial charge in [0.05, 0.1) is 12.0 Å². The first-order valence-corrected chi connectivity index (χ1v) is 10.5. The number of carbonyl (C=O) groups is 3. The van der Waals surface area contributed by atoms with Crippen LogP contribution in [0, 0.1) is 5.92 Å². The molecule has 30 heavy (non-hydrogen) atoms. The lowest BCUT2D eigenvalue weighted by Crippen LogP contribution is -2.60. The number of aliphatic hydroxyl groups excluding tert-OH is 1. The van der Waals surface area contributed by atoms with Crippen molar-refractivity contribution in [3.8, 4) is 0 Å². The quantitative estimate of drug-likeness (QED) is 0.165. The Labute approximate surface area is 177 Å². The monoisotopic (exact) mass is 458 g/mol. The summed E-state index contributed by atoms with van der Waals surface area (Å²) in [6.07, 6.45) is -0.904. The van der Waals surface area contributed by atoms with Crippen LogP contribution in [0.25, 0.3) is 0 Å². The maximum atomic E-state index is 12.6. The lowest BCUT2D eigenvalue weighted by Gasteiger charge is -2.43. The van der Waals surface area contributed by atoms with Crippen molar-refractivity contribution in [1.82, 2.24) is 19.7 Å². The molecule has 2 N–H and O–H groups in total. The Kier molecular flexibility index (Phi) is 6.38. The molecule has 1 amide bonds. The number of aromatic amines is 1. The van der Waals surface area contributed by atoms with E-state index in [4.69, 9.17) is 4.74 Å². The molecule has 1 fully saturated rings. The van der Waals surface area contributed by atoms with Crippen LogP contribution in [0.2, 0.25) is 0 Å². The number of aromatic nitrogens is 3. The third kappa shape index (κ3) is 4.15. The van der Waals surface area contributed by atoms with E-state index in [0.717, 1.165) is 18.7 Å². The molecule has 0 spiro atoms. The number of fused-ring (bicyclic) bond motifs is 1. The fourth-order valence-electron chi connectivity index (χ4n) is 2.90. The van der Waals surface area contributed by atoms with Gasteiger partial charge in [0.2, 0.25) is 12.7 Å². The SMILES string of the molecule is CC(=O)OCOC(=O)C1=C(CSc2nc(=O)c(=O)[nH]n2C)S[C@@H]2[C@@H]([C@@H](C)O)C(=O)N12. The standard InChI is InChI=1S/C16H18N4O8S2/c1-6(21)9-13(25)20-10(15(26)28-5-27-7(2)22)8(30-14(9)20)4-29-16-17-11(23)12(24)18-19(16)3/h6,9,14,21H,4-5H2,1-3H3,(H,18,24)/t6-,9+,14-/m1/s1. The van der Waals surface area contributed by atoms with Gasteiger partial charge in [-0.2, -0.15) is 4.98 Å². The number of ether oxygens (including phenoxy) is 2. The van der Waals surface area contributed by atoms with Gasteiger partial charge in [0.15, 0.2) is 5.16 Å². The van der Waals surface area contributed by atoms with Crippen molar-refractivity contribution in [2.75, 3.05) is 12.5 Å². The molecule has 2 aliphatic heterocycles. The molecule has 3 atom stereocenters. The zero-order valence-corrected chi connectivity index (χ0v) is 17.7. The van der Waals surface area contributed by atoms with Crippen molar-refractivity contribution in [3.05, 3.63) is 31.3 Å². The summed E-state index contributed by atoms with van der Waals surface area (Å²) in [5.41, 5.74) is -1.82. The molecule has 1 aromatic heterocycles. The van der Waals surface area contributed by atoms with Crippen molar-refractivity contribution >= 4 is 41.4 Å². The highest BCUT2D eigenvalue weighted by atomic mass is 32.2. The molecule has 1 aromatic rings. The van der Waals surface area contributed by atoms with Crippen molar-refractivity contribution in [3.63, 3.8) is 0 Å². The van der Waals surface area contributed by atoms with Gasteiger partial charge >= 0.3 is 23.1 Å². The zero-order valence-electron chi connectivity index (χ0n) is 16.1. The van der Waals surface area contributed by atoms with Gasteiger partial charge in [-0.3, -0.25) is 33.9 Å². The highest BCUT2D eigenvalue weighted by Gasteiger charge is 2.57. The number of hydrogen-bond acceptors (Lipinski definition) is 11. The number of nitrogens with zero attached hydrogens (tertiary/aromatic N) is 3. The minimum absolute atomic E-state index is 0.0130. The van der Waals surface area contributed by atoms with E-state index in [2.05, 4.69) is 14.8 Å². The van der Waals surface area contributed by atoms with Gasteiger partial charge in [0.25, 0.3) is 0 Å². The average Bonchev–Trinajstić information content (AvgIpc) is 2.97. The molecule has 0 aromatic carbocycles. The summed E-state index contributed by atoms with van der Waals surface area (Å²) in [6, 6.07) is 0. The van der Waals surface area contributed by atoms with Crippen LogP contribution in [0.3, 0.4) is 0 Å². The Morgan fingerprint density at radius 1 is 1.33 bits per heavy atom. The fraction of sp³-hybridized carbons (Fsp3) is 0.500. The number of H-pyrrole nitrogens is 1. The normalized spacial score (nSPS) is 21.2. The topological polar surface area (TPSA) is 161 Å². The first kappa shape index (κ1) is 22.1. The summed E-state index contributed by atoms with van der Waals surface area (Å²) in [7, 11) is 1.50. The van der Waals surface area contributed by atoms with Gasteiger partial charge in [0, 0.05) is 24.6 Å². The largest absolute Gasteiger partial charge is 0.428 e. The Balaban J connectivity index is 1.83. The summed E-state index contributed by atoms with van der Waals surface area (Å²) in [5, 5.41) is 11.9. The van der Waals surface area contributed by atoms with Gasteiger partial charge in [0.1, 0.15) is 11.1 Å². The maximum Gasteiger partial charge on any atom is 0.358 e. The number of hydrogen-bond donors (Lipinski definition) is 2. The van der Waals surface area contributed by atoms with Crippen LogP contribution in [-0.4, -0.2) is 66.6 Å². The van der Waals surface area contributed by atoms with Crippen molar-refractivity contribution in [1.29, 1.82) is 0 Å². The average molecular weight is 458 g/mol. The van der Waals surface area contributed by atoms with E-state index in [1.54, 1.807) is 0 Å². The van der Waals surface area contributed by atoms with Crippen LogP contribution < -0.4 is 11.1 Å². The predicted molar refractivity (Wildman–Crippen MR) is 104 cm³/mol. The summed E-state index contributed by atoms with van der Waals surface area (Å²) in [6.45, 7) is 2.04. The van der Waals surface area contributed by atoms with E-state index in [0.29, 0.717) is 4.91 Å². The lowest BCUT2D eigenvalue weighted by molar-refractivity contribution is -0.168. The predicted octanol–water partition coefficient (Wildman–Crippen LogP) is -1.25. The van der Waals surface area contributed by atoms with E-state index in [9.17, 15) is 29.1 Å². The van der Waals surface area contributed by atoms with E-state index in [1.165, 1.54) is 35.3 Å². The van der Waals surface area contributed by atoms with E-state index in [-0.39, 0.29) is 16.6 Å². The molecule has 1 saturated heterocycles. The van der Waals surface area contributed by atoms with Crippen molar-refractivity contribution in [2.45, 2.75) is 30.5 Å². The smallest absolute Gasteiger partial charge is 0.358 e. The molecule has 3 heterocycles. The van der Waals surface area contributed by atoms with Crippen molar-refractivity contribution < 1.29 is 29.0 Å². The lowest BCUT2D eigenvalue weighted by atomic mass is 9.92. The third-order valence-electron chi connectivity index (χ3n) is 4.30. The molecule has 162 valence electrons. The van der Waals surface area contributed by atoms with Gasteiger partial charge in [-0.05, 0) is 6.92 Å². The first-order chi connectivity index (χ1) is 14.1. The minimum atomic E-state index is -0.946. The molecule has 12 nitrogen and oxygen atoms in total. The maximum absolute atomic E-state index is 12.6. The number of aryl methyl sites for hydroxylation is 1. The van der Waals surface area contributed by atoms with E-state index in [1.807, 2.05) is 0 Å². The molecule has 3 rings (SSSR count).